The fraction of sp³-hybridized carbons (Fsp3) is 0.316. The highest BCUT2D eigenvalue weighted by molar-refractivity contribution is 6.33. The quantitative estimate of drug-likeness (QED) is 0.716. The molecule has 25 heavy (non-hydrogen) atoms. The number of ether oxygens (including phenoxy) is 2. The van der Waals surface area contributed by atoms with Gasteiger partial charge in [-0.25, -0.2) is 0 Å². The molecule has 0 bridgehead atoms. The summed E-state index contributed by atoms with van der Waals surface area (Å²) in [5.74, 6) is 1.39. The van der Waals surface area contributed by atoms with Crippen LogP contribution < -0.4 is 20.1 Å². The fourth-order valence-corrected chi connectivity index (χ4v) is 2.59. The fourth-order valence-electron chi connectivity index (χ4n) is 2.39. The van der Waals surface area contributed by atoms with Crippen LogP contribution in [0.4, 0.5) is 5.69 Å². The molecule has 0 aliphatic rings. The van der Waals surface area contributed by atoms with Gasteiger partial charge in [0.15, 0.2) is 11.5 Å². The Balaban J connectivity index is 1.71. The van der Waals surface area contributed by atoms with Crippen LogP contribution in [0.25, 0.3) is 0 Å². The van der Waals surface area contributed by atoms with Gasteiger partial charge in [0.05, 0.1) is 24.9 Å². The maximum Gasteiger partial charge on any atom is 0.221 e. The Morgan fingerprint density at radius 2 is 1.80 bits per heavy atom. The first-order valence-corrected chi connectivity index (χ1v) is 8.48. The zero-order chi connectivity index (χ0) is 18.1. The second-order valence-corrected chi connectivity index (χ2v) is 5.85. The number of nitrogens with one attached hydrogen (secondary N) is 2. The Morgan fingerprint density at radius 1 is 1.04 bits per heavy atom. The largest absolute Gasteiger partial charge is 0.493 e. The van der Waals surface area contributed by atoms with Crippen LogP contribution in [0.2, 0.25) is 5.02 Å². The van der Waals surface area contributed by atoms with Crippen molar-refractivity contribution in [3.63, 3.8) is 0 Å². The summed E-state index contributed by atoms with van der Waals surface area (Å²) in [7, 11) is 3.21. The van der Waals surface area contributed by atoms with Crippen LogP contribution in [-0.4, -0.2) is 33.2 Å². The standard InChI is InChI=1S/C19H23ClN2O3/c1-24-17-8-7-14(13-18(17)25-2)9-11-22-19(23)10-12-21-16-6-4-3-5-15(16)20/h3-8,13,21H,9-12H2,1-2H3,(H,22,23). The minimum Gasteiger partial charge on any atom is -0.493 e. The van der Waals surface area contributed by atoms with E-state index < -0.39 is 0 Å². The topological polar surface area (TPSA) is 59.6 Å². The predicted molar refractivity (Wildman–Crippen MR) is 101 cm³/mol. The minimum atomic E-state index is 0.0000280. The minimum absolute atomic E-state index is 0.0000280. The van der Waals surface area contributed by atoms with E-state index in [1.165, 1.54) is 0 Å². The molecule has 0 aliphatic heterocycles. The van der Waals surface area contributed by atoms with Crippen LogP contribution in [0.5, 0.6) is 11.5 Å². The lowest BCUT2D eigenvalue weighted by Crippen LogP contribution is -2.27. The molecule has 0 unspecified atom stereocenters. The van der Waals surface area contributed by atoms with Crippen molar-refractivity contribution in [1.29, 1.82) is 0 Å². The van der Waals surface area contributed by atoms with Crippen LogP contribution in [0.3, 0.4) is 0 Å². The maximum atomic E-state index is 11.9. The number of hydrogen-bond donors (Lipinski definition) is 2. The van der Waals surface area contributed by atoms with Crippen molar-refractivity contribution in [2.75, 3.05) is 32.6 Å². The Bertz CT molecular complexity index is 707. The van der Waals surface area contributed by atoms with Crippen LogP contribution >= 0.6 is 11.6 Å². The molecule has 0 heterocycles. The number of para-hydroxylation sites is 1. The normalized spacial score (nSPS) is 10.2. The van der Waals surface area contributed by atoms with Gasteiger partial charge in [-0.15, -0.1) is 0 Å². The number of amides is 1. The van der Waals surface area contributed by atoms with Gasteiger partial charge in [-0.2, -0.15) is 0 Å². The van der Waals surface area contributed by atoms with Gasteiger partial charge in [-0.1, -0.05) is 29.8 Å². The van der Waals surface area contributed by atoms with Gasteiger partial charge >= 0.3 is 0 Å². The molecule has 0 saturated heterocycles. The number of methoxy groups -OCH3 is 2. The molecule has 0 spiro atoms. The van der Waals surface area contributed by atoms with Gasteiger partial charge in [0.2, 0.25) is 5.91 Å². The molecule has 134 valence electrons. The lowest BCUT2D eigenvalue weighted by molar-refractivity contribution is -0.120. The third-order valence-electron chi connectivity index (χ3n) is 3.73. The van der Waals surface area contributed by atoms with E-state index in [2.05, 4.69) is 10.6 Å². The van der Waals surface area contributed by atoms with Crippen LogP contribution in [0.15, 0.2) is 42.5 Å². The SMILES string of the molecule is COc1ccc(CCNC(=O)CCNc2ccccc2Cl)cc1OC. The summed E-state index contributed by atoms with van der Waals surface area (Å²) in [6, 6.07) is 13.2. The lowest BCUT2D eigenvalue weighted by Gasteiger charge is -2.11. The van der Waals surface area contributed by atoms with Crippen LogP contribution in [0, 0.1) is 0 Å². The zero-order valence-electron chi connectivity index (χ0n) is 14.5. The third-order valence-corrected chi connectivity index (χ3v) is 4.05. The second-order valence-electron chi connectivity index (χ2n) is 5.45. The number of halogens is 1. The van der Waals surface area contributed by atoms with Crippen molar-refractivity contribution in [2.24, 2.45) is 0 Å². The van der Waals surface area contributed by atoms with Gasteiger partial charge in [-0.05, 0) is 36.2 Å². The first kappa shape index (κ1) is 18.9. The van der Waals surface area contributed by atoms with Crippen molar-refractivity contribution >= 4 is 23.2 Å². The predicted octanol–water partition coefficient (Wildman–Crippen LogP) is 3.52. The number of rotatable bonds is 9. The van der Waals surface area contributed by atoms with Crippen LogP contribution in [0.1, 0.15) is 12.0 Å². The Labute approximate surface area is 153 Å². The van der Waals surface area contributed by atoms with Crippen molar-refractivity contribution < 1.29 is 14.3 Å². The van der Waals surface area contributed by atoms with Crippen LogP contribution in [-0.2, 0) is 11.2 Å². The van der Waals surface area contributed by atoms with E-state index in [0.29, 0.717) is 36.0 Å². The van der Waals surface area contributed by atoms with E-state index in [4.69, 9.17) is 21.1 Å². The summed E-state index contributed by atoms with van der Waals surface area (Å²) in [4.78, 5) is 11.9. The molecule has 1 amide bonds. The molecule has 6 heteroatoms. The Morgan fingerprint density at radius 3 is 2.52 bits per heavy atom. The van der Waals surface area contributed by atoms with Crippen molar-refractivity contribution in [2.45, 2.75) is 12.8 Å². The third kappa shape index (κ3) is 5.87. The average Bonchev–Trinajstić information content (AvgIpc) is 2.63. The Kier molecular flexibility index (Phi) is 7.41. The first-order valence-electron chi connectivity index (χ1n) is 8.10. The summed E-state index contributed by atoms with van der Waals surface area (Å²) in [6.45, 7) is 1.10. The highest BCUT2D eigenvalue weighted by Crippen LogP contribution is 2.27. The van der Waals surface area contributed by atoms with E-state index in [1.807, 2.05) is 42.5 Å². The number of hydrogen-bond acceptors (Lipinski definition) is 4. The first-order chi connectivity index (χ1) is 12.1. The molecule has 0 fully saturated rings. The molecular weight excluding hydrogens is 340 g/mol. The monoisotopic (exact) mass is 362 g/mol. The summed E-state index contributed by atoms with van der Waals surface area (Å²) in [5, 5.41) is 6.72. The van der Waals surface area contributed by atoms with Crippen molar-refractivity contribution in [3.05, 3.63) is 53.1 Å². The molecule has 0 aromatic heterocycles. The number of carbonyl (C=O) groups is 1. The molecule has 2 N–H and O–H groups in total. The summed E-state index contributed by atoms with van der Waals surface area (Å²) in [5.41, 5.74) is 1.91. The summed E-state index contributed by atoms with van der Waals surface area (Å²) in [6.07, 6.45) is 1.11. The highest BCUT2D eigenvalue weighted by atomic mass is 35.5. The number of carbonyl (C=O) groups excluding carboxylic acids is 1. The zero-order valence-corrected chi connectivity index (χ0v) is 15.2. The van der Waals surface area contributed by atoms with Gasteiger partial charge in [0.1, 0.15) is 0 Å². The molecule has 0 saturated carbocycles. The molecule has 0 radical (unpaired) electrons. The summed E-state index contributed by atoms with van der Waals surface area (Å²) < 4.78 is 10.5. The average molecular weight is 363 g/mol. The number of benzene rings is 2. The Hall–Kier alpha value is -2.40. The number of anilines is 1. The van der Waals surface area contributed by atoms with Crippen molar-refractivity contribution in [1.82, 2.24) is 5.32 Å². The van der Waals surface area contributed by atoms with E-state index >= 15 is 0 Å². The van der Waals surface area contributed by atoms with Gasteiger partial charge in [0, 0.05) is 19.5 Å². The van der Waals surface area contributed by atoms with E-state index in [1.54, 1.807) is 14.2 Å². The summed E-state index contributed by atoms with van der Waals surface area (Å²) >= 11 is 6.06. The molecule has 5 nitrogen and oxygen atoms in total. The maximum absolute atomic E-state index is 11.9. The van der Waals surface area contributed by atoms with Gasteiger partial charge in [0.25, 0.3) is 0 Å². The molecule has 2 rings (SSSR count). The van der Waals surface area contributed by atoms with E-state index in [-0.39, 0.29) is 5.91 Å². The molecule has 2 aromatic rings. The van der Waals surface area contributed by atoms with Gasteiger partial charge < -0.3 is 20.1 Å². The molecule has 0 aliphatic carbocycles. The van der Waals surface area contributed by atoms with E-state index in [9.17, 15) is 4.79 Å². The van der Waals surface area contributed by atoms with E-state index in [0.717, 1.165) is 17.7 Å². The smallest absolute Gasteiger partial charge is 0.221 e. The van der Waals surface area contributed by atoms with Gasteiger partial charge in [-0.3, -0.25) is 4.79 Å². The van der Waals surface area contributed by atoms with Crippen molar-refractivity contribution in [3.8, 4) is 11.5 Å². The molecule has 0 atom stereocenters. The lowest BCUT2D eigenvalue weighted by atomic mass is 10.1. The molecular formula is C19H23ClN2O3. The highest BCUT2D eigenvalue weighted by Gasteiger charge is 2.06. The second kappa shape index (κ2) is 9.79. The molecule has 2 aromatic carbocycles.